The zero-order chi connectivity index (χ0) is 19.5. The Labute approximate surface area is 167 Å². The number of rotatable bonds is 7. The molecular formula is C24H30N2O2. The highest BCUT2D eigenvalue weighted by Gasteiger charge is 2.35. The first-order chi connectivity index (χ1) is 13.7. The molecule has 1 fully saturated rings. The molecule has 0 radical (unpaired) electrons. The van der Waals surface area contributed by atoms with Gasteiger partial charge in [-0.15, -0.1) is 0 Å². The van der Waals surface area contributed by atoms with Crippen LogP contribution in [0.4, 0.5) is 0 Å². The first-order valence-corrected chi connectivity index (χ1v) is 10.5. The molecule has 1 heterocycles. The Morgan fingerprint density at radius 2 is 1.86 bits per heavy atom. The van der Waals surface area contributed by atoms with Crippen molar-refractivity contribution in [1.82, 2.24) is 5.32 Å². The second-order valence-electron chi connectivity index (χ2n) is 8.26. The molecule has 1 aliphatic heterocycles. The summed E-state index contributed by atoms with van der Waals surface area (Å²) in [4.78, 5) is 11.5. The van der Waals surface area contributed by atoms with E-state index < -0.39 is 5.91 Å². The van der Waals surface area contributed by atoms with Crippen LogP contribution in [0.3, 0.4) is 0 Å². The highest BCUT2D eigenvalue weighted by atomic mass is 16.5. The van der Waals surface area contributed by atoms with E-state index in [9.17, 15) is 4.79 Å². The van der Waals surface area contributed by atoms with Gasteiger partial charge in [0.2, 0.25) is 5.91 Å². The second kappa shape index (κ2) is 8.36. The quantitative estimate of drug-likeness (QED) is 0.762. The maximum atomic E-state index is 11.5. The van der Waals surface area contributed by atoms with Gasteiger partial charge in [0, 0.05) is 11.5 Å². The summed E-state index contributed by atoms with van der Waals surface area (Å²) in [6, 6.07) is 15.8. The topological polar surface area (TPSA) is 64.3 Å². The molecule has 148 valence electrons. The molecule has 3 N–H and O–H groups in total. The molecule has 4 atom stereocenters. The van der Waals surface area contributed by atoms with Crippen LogP contribution < -0.4 is 15.8 Å². The van der Waals surface area contributed by atoms with Gasteiger partial charge in [-0.05, 0) is 73.5 Å². The van der Waals surface area contributed by atoms with E-state index in [2.05, 4.69) is 36.5 Å². The fourth-order valence-electron chi connectivity index (χ4n) is 4.95. The van der Waals surface area contributed by atoms with E-state index in [0.29, 0.717) is 11.5 Å². The predicted octanol–water partition coefficient (Wildman–Crippen LogP) is 4.10. The van der Waals surface area contributed by atoms with Crippen LogP contribution in [0, 0.1) is 17.8 Å². The average molecular weight is 379 g/mol. The van der Waals surface area contributed by atoms with Crippen molar-refractivity contribution in [2.45, 2.75) is 38.7 Å². The Morgan fingerprint density at radius 3 is 2.68 bits per heavy atom. The maximum absolute atomic E-state index is 11.5. The lowest BCUT2D eigenvalue weighted by molar-refractivity contribution is 0.0998. The van der Waals surface area contributed by atoms with Crippen LogP contribution in [0.2, 0.25) is 0 Å². The largest absolute Gasteiger partial charge is 0.485 e. The Hall–Kier alpha value is -2.33. The lowest BCUT2D eigenvalue weighted by Gasteiger charge is -2.25. The summed E-state index contributed by atoms with van der Waals surface area (Å²) < 4.78 is 6.45. The molecule has 4 heteroatoms. The smallest absolute Gasteiger partial charge is 0.248 e. The van der Waals surface area contributed by atoms with Gasteiger partial charge < -0.3 is 15.8 Å². The van der Waals surface area contributed by atoms with E-state index in [0.717, 1.165) is 43.5 Å². The molecule has 1 saturated heterocycles. The number of nitrogens with two attached hydrogens (primary N) is 1. The number of hydrogen-bond donors (Lipinski definition) is 2. The fourth-order valence-corrected chi connectivity index (χ4v) is 4.95. The molecule has 4 nitrogen and oxygen atoms in total. The van der Waals surface area contributed by atoms with Crippen molar-refractivity contribution < 1.29 is 9.53 Å². The standard InChI is InChI=1S/C24H30N2O2/c1-2-16-14-26-15-20(16)11-10-18-12-17-6-3-4-9-22(17)23(18)28-21-8-5-7-19(13-21)24(25)27/h3-9,13,16,18,20,23,26H,2,10-12,14-15H2,1H3,(H2,25,27)/t16-,18+,20+,23-/m0/s1. The number of amides is 1. The third-order valence-corrected chi connectivity index (χ3v) is 6.57. The molecule has 1 aliphatic carbocycles. The lowest BCUT2D eigenvalue weighted by Crippen LogP contribution is -2.19. The van der Waals surface area contributed by atoms with Gasteiger partial charge in [0.15, 0.2) is 0 Å². The molecule has 4 rings (SSSR count). The number of carbonyl (C=O) groups is 1. The number of fused-ring (bicyclic) bond motifs is 1. The predicted molar refractivity (Wildman–Crippen MR) is 111 cm³/mol. The van der Waals surface area contributed by atoms with Gasteiger partial charge in [-0.25, -0.2) is 0 Å². The normalized spacial score (nSPS) is 26.2. The monoisotopic (exact) mass is 378 g/mol. The Morgan fingerprint density at radius 1 is 1.07 bits per heavy atom. The fraction of sp³-hybridized carbons (Fsp3) is 0.458. The van der Waals surface area contributed by atoms with Gasteiger partial charge in [-0.3, -0.25) is 4.79 Å². The van der Waals surface area contributed by atoms with Crippen LogP contribution in [-0.4, -0.2) is 19.0 Å². The average Bonchev–Trinajstić information content (AvgIpc) is 3.31. The number of primary amides is 1. The van der Waals surface area contributed by atoms with Crippen LogP contribution >= 0.6 is 0 Å². The zero-order valence-corrected chi connectivity index (χ0v) is 16.6. The van der Waals surface area contributed by atoms with Gasteiger partial charge in [0.25, 0.3) is 0 Å². The van der Waals surface area contributed by atoms with Crippen LogP contribution in [0.25, 0.3) is 0 Å². The molecule has 0 saturated carbocycles. The SMILES string of the molecule is CC[C@H]1CNC[C@H]1CC[C@@H]1Cc2ccccc2[C@H]1Oc1cccc(C(N)=O)c1. The number of carbonyl (C=O) groups excluding carboxylic acids is 1. The van der Waals surface area contributed by atoms with Crippen molar-refractivity contribution in [3.05, 3.63) is 65.2 Å². The van der Waals surface area contributed by atoms with E-state index in [1.165, 1.54) is 24.0 Å². The minimum absolute atomic E-state index is 0.0359. The zero-order valence-electron chi connectivity index (χ0n) is 16.6. The molecule has 1 amide bonds. The van der Waals surface area contributed by atoms with Gasteiger partial charge in [-0.1, -0.05) is 43.7 Å². The van der Waals surface area contributed by atoms with Crippen molar-refractivity contribution in [3.63, 3.8) is 0 Å². The maximum Gasteiger partial charge on any atom is 0.248 e. The number of hydrogen-bond acceptors (Lipinski definition) is 3. The Balaban J connectivity index is 1.51. The third-order valence-electron chi connectivity index (χ3n) is 6.57. The van der Waals surface area contributed by atoms with Gasteiger partial charge in [0.05, 0.1) is 0 Å². The Kier molecular flexibility index (Phi) is 5.67. The Bertz CT molecular complexity index is 835. The van der Waals surface area contributed by atoms with Gasteiger partial charge in [0.1, 0.15) is 11.9 Å². The minimum atomic E-state index is -0.423. The minimum Gasteiger partial charge on any atom is -0.485 e. The van der Waals surface area contributed by atoms with Gasteiger partial charge >= 0.3 is 0 Å². The molecular weight excluding hydrogens is 348 g/mol. The summed E-state index contributed by atoms with van der Waals surface area (Å²) in [5.74, 6) is 2.33. The van der Waals surface area contributed by atoms with E-state index in [1.807, 2.05) is 12.1 Å². The van der Waals surface area contributed by atoms with Crippen LogP contribution in [0.5, 0.6) is 5.75 Å². The van der Waals surface area contributed by atoms with Crippen molar-refractivity contribution in [2.24, 2.45) is 23.5 Å². The summed E-state index contributed by atoms with van der Waals surface area (Å²) >= 11 is 0. The number of ether oxygens (including phenoxy) is 1. The van der Waals surface area contributed by atoms with Crippen molar-refractivity contribution in [2.75, 3.05) is 13.1 Å². The van der Waals surface area contributed by atoms with Crippen LogP contribution in [0.1, 0.15) is 53.8 Å². The van der Waals surface area contributed by atoms with Crippen molar-refractivity contribution >= 4 is 5.91 Å². The van der Waals surface area contributed by atoms with E-state index in [4.69, 9.17) is 10.5 Å². The molecule has 28 heavy (non-hydrogen) atoms. The summed E-state index contributed by atoms with van der Waals surface area (Å²) in [5, 5.41) is 3.56. The summed E-state index contributed by atoms with van der Waals surface area (Å²) in [7, 11) is 0. The van der Waals surface area contributed by atoms with E-state index in [1.54, 1.807) is 12.1 Å². The molecule has 2 aromatic rings. The molecule has 2 aliphatic rings. The molecule has 2 aromatic carbocycles. The molecule has 0 spiro atoms. The third kappa shape index (κ3) is 3.93. The molecule has 0 bridgehead atoms. The summed E-state index contributed by atoms with van der Waals surface area (Å²) in [5.41, 5.74) is 8.60. The highest BCUT2D eigenvalue weighted by molar-refractivity contribution is 5.93. The lowest BCUT2D eigenvalue weighted by atomic mass is 9.85. The summed E-state index contributed by atoms with van der Waals surface area (Å²) in [6.45, 7) is 4.60. The van der Waals surface area contributed by atoms with E-state index in [-0.39, 0.29) is 6.10 Å². The second-order valence-corrected chi connectivity index (χ2v) is 8.26. The number of benzene rings is 2. The van der Waals surface area contributed by atoms with Crippen molar-refractivity contribution in [3.8, 4) is 5.75 Å². The molecule has 0 unspecified atom stereocenters. The molecule has 0 aromatic heterocycles. The van der Waals surface area contributed by atoms with Crippen LogP contribution in [0.15, 0.2) is 48.5 Å². The first-order valence-electron chi connectivity index (χ1n) is 10.5. The van der Waals surface area contributed by atoms with E-state index >= 15 is 0 Å². The van der Waals surface area contributed by atoms with Crippen LogP contribution in [-0.2, 0) is 6.42 Å². The number of nitrogens with one attached hydrogen (secondary N) is 1. The van der Waals surface area contributed by atoms with Gasteiger partial charge in [-0.2, -0.15) is 0 Å². The first kappa shape index (κ1) is 19.0. The van der Waals surface area contributed by atoms with Crippen molar-refractivity contribution in [1.29, 1.82) is 0 Å². The summed E-state index contributed by atoms with van der Waals surface area (Å²) in [6.07, 6.45) is 4.76. The highest BCUT2D eigenvalue weighted by Crippen LogP contribution is 2.42.